The molecule has 1 aliphatic rings. The van der Waals surface area contributed by atoms with Crippen LogP contribution in [0.5, 0.6) is 5.75 Å². The summed E-state index contributed by atoms with van der Waals surface area (Å²) in [7, 11) is 1.52. The van der Waals surface area contributed by atoms with E-state index in [1.54, 1.807) is 18.2 Å². The molecule has 1 aromatic rings. The lowest BCUT2D eigenvalue weighted by Crippen LogP contribution is -2.40. The van der Waals surface area contributed by atoms with E-state index in [-0.39, 0.29) is 11.9 Å². The van der Waals surface area contributed by atoms with E-state index < -0.39 is 0 Å². The van der Waals surface area contributed by atoms with E-state index in [4.69, 9.17) is 10.00 Å². The zero-order chi connectivity index (χ0) is 14.4. The number of nitriles is 1. The predicted octanol–water partition coefficient (Wildman–Crippen LogP) is 1.60. The van der Waals surface area contributed by atoms with E-state index in [0.29, 0.717) is 23.4 Å². The molecule has 2 N–H and O–H groups in total. The molecule has 1 aliphatic heterocycles. The number of carbonyl (C=O) groups is 1. The fraction of sp³-hybridized carbons (Fsp3) is 0.429. The molecule has 1 amide bonds. The summed E-state index contributed by atoms with van der Waals surface area (Å²) in [5.74, 6) is 2.42. The SMILES string of the molecule is COc1cccc(C#N)c1NC(=O)CC1CSCCN1. The van der Waals surface area contributed by atoms with Gasteiger partial charge >= 0.3 is 0 Å². The van der Waals surface area contributed by atoms with Crippen LogP contribution in [0.2, 0.25) is 0 Å². The number of thioether (sulfide) groups is 1. The van der Waals surface area contributed by atoms with Crippen molar-refractivity contribution in [3.05, 3.63) is 23.8 Å². The first kappa shape index (κ1) is 14.7. The number of carbonyl (C=O) groups excluding carboxylic acids is 1. The number of benzene rings is 1. The first-order valence-corrected chi connectivity index (χ1v) is 7.58. The van der Waals surface area contributed by atoms with Gasteiger partial charge in [0, 0.05) is 30.5 Å². The highest BCUT2D eigenvalue weighted by atomic mass is 32.2. The van der Waals surface area contributed by atoms with Gasteiger partial charge in [0.15, 0.2) is 0 Å². The summed E-state index contributed by atoms with van der Waals surface area (Å²) in [6.07, 6.45) is 0.399. The lowest BCUT2D eigenvalue weighted by molar-refractivity contribution is -0.116. The Bertz CT molecular complexity index is 522. The van der Waals surface area contributed by atoms with E-state index in [2.05, 4.69) is 16.7 Å². The van der Waals surface area contributed by atoms with Gasteiger partial charge in [0.1, 0.15) is 17.5 Å². The maximum atomic E-state index is 12.1. The third kappa shape index (κ3) is 3.65. The summed E-state index contributed by atoms with van der Waals surface area (Å²) in [5, 5.41) is 15.2. The van der Waals surface area contributed by atoms with Crippen molar-refractivity contribution in [2.24, 2.45) is 0 Å². The van der Waals surface area contributed by atoms with Crippen LogP contribution >= 0.6 is 11.8 Å². The molecule has 0 saturated carbocycles. The van der Waals surface area contributed by atoms with Crippen LogP contribution in [-0.2, 0) is 4.79 Å². The number of hydrogen-bond donors (Lipinski definition) is 2. The van der Waals surface area contributed by atoms with Crippen LogP contribution in [0.3, 0.4) is 0 Å². The Morgan fingerprint density at radius 3 is 3.15 bits per heavy atom. The van der Waals surface area contributed by atoms with Gasteiger partial charge in [0.25, 0.3) is 0 Å². The van der Waals surface area contributed by atoms with Crippen LogP contribution in [0.15, 0.2) is 18.2 Å². The normalized spacial score (nSPS) is 18.1. The van der Waals surface area contributed by atoms with Crippen molar-refractivity contribution < 1.29 is 9.53 Å². The van der Waals surface area contributed by atoms with Crippen LogP contribution < -0.4 is 15.4 Å². The molecule has 2 rings (SSSR count). The Hall–Kier alpha value is -1.71. The molecule has 1 atom stereocenters. The molecule has 1 saturated heterocycles. The van der Waals surface area contributed by atoms with Crippen molar-refractivity contribution in [3.8, 4) is 11.8 Å². The second-order valence-corrected chi connectivity index (χ2v) is 5.62. The molecule has 0 aliphatic carbocycles. The number of amides is 1. The summed E-state index contributed by atoms with van der Waals surface area (Å²) in [5.41, 5.74) is 0.856. The van der Waals surface area contributed by atoms with E-state index in [9.17, 15) is 4.79 Å². The minimum Gasteiger partial charge on any atom is -0.495 e. The van der Waals surface area contributed by atoms with Crippen LogP contribution in [0.1, 0.15) is 12.0 Å². The number of ether oxygens (including phenoxy) is 1. The van der Waals surface area contributed by atoms with Gasteiger partial charge in [-0.05, 0) is 12.1 Å². The van der Waals surface area contributed by atoms with Crippen LogP contribution in [-0.4, -0.2) is 37.1 Å². The predicted molar refractivity (Wildman–Crippen MR) is 80.1 cm³/mol. The summed E-state index contributed by atoms with van der Waals surface area (Å²) in [6, 6.07) is 7.37. The molecular formula is C14H17N3O2S. The van der Waals surface area contributed by atoms with Crippen molar-refractivity contribution in [2.75, 3.05) is 30.5 Å². The highest BCUT2D eigenvalue weighted by Gasteiger charge is 2.18. The third-order valence-electron chi connectivity index (χ3n) is 3.06. The first-order chi connectivity index (χ1) is 9.74. The number of methoxy groups -OCH3 is 1. The number of anilines is 1. The van der Waals surface area contributed by atoms with E-state index in [1.165, 1.54) is 7.11 Å². The highest BCUT2D eigenvalue weighted by molar-refractivity contribution is 7.99. The van der Waals surface area contributed by atoms with E-state index in [0.717, 1.165) is 18.1 Å². The van der Waals surface area contributed by atoms with Crippen molar-refractivity contribution in [1.82, 2.24) is 5.32 Å². The number of hydrogen-bond acceptors (Lipinski definition) is 5. The maximum absolute atomic E-state index is 12.1. The quantitative estimate of drug-likeness (QED) is 0.881. The highest BCUT2D eigenvalue weighted by Crippen LogP contribution is 2.28. The molecule has 1 aromatic carbocycles. The molecule has 1 unspecified atom stereocenters. The van der Waals surface area contributed by atoms with Crippen molar-refractivity contribution in [2.45, 2.75) is 12.5 Å². The van der Waals surface area contributed by atoms with Gasteiger partial charge in [0.05, 0.1) is 12.7 Å². The maximum Gasteiger partial charge on any atom is 0.226 e. The van der Waals surface area contributed by atoms with Crippen molar-refractivity contribution >= 4 is 23.4 Å². The minimum atomic E-state index is -0.106. The van der Waals surface area contributed by atoms with Gasteiger partial charge in [-0.3, -0.25) is 4.79 Å². The molecule has 0 radical (unpaired) electrons. The molecular weight excluding hydrogens is 274 g/mol. The Labute approximate surface area is 122 Å². The summed E-state index contributed by atoms with van der Waals surface area (Å²) >= 11 is 1.85. The summed E-state index contributed by atoms with van der Waals surface area (Å²) < 4.78 is 5.19. The Kier molecular flexibility index (Phi) is 5.27. The average Bonchev–Trinajstić information content (AvgIpc) is 2.48. The smallest absolute Gasteiger partial charge is 0.226 e. The van der Waals surface area contributed by atoms with Crippen LogP contribution in [0.4, 0.5) is 5.69 Å². The Morgan fingerprint density at radius 1 is 1.65 bits per heavy atom. The molecule has 0 aromatic heterocycles. The van der Waals surface area contributed by atoms with Gasteiger partial charge in [-0.25, -0.2) is 0 Å². The van der Waals surface area contributed by atoms with Gasteiger partial charge in [0.2, 0.25) is 5.91 Å². The van der Waals surface area contributed by atoms with Crippen molar-refractivity contribution in [1.29, 1.82) is 5.26 Å². The number of nitrogens with zero attached hydrogens (tertiary/aromatic N) is 1. The lowest BCUT2D eigenvalue weighted by Gasteiger charge is -2.22. The minimum absolute atomic E-state index is 0.106. The lowest BCUT2D eigenvalue weighted by atomic mass is 10.1. The summed E-state index contributed by atoms with van der Waals surface area (Å²) in [4.78, 5) is 12.1. The standard InChI is InChI=1S/C14H17N3O2S/c1-19-12-4-2-3-10(8-15)14(12)17-13(18)7-11-9-20-6-5-16-11/h2-4,11,16H,5-7,9H2,1H3,(H,17,18). The molecule has 6 heteroatoms. The monoisotopic (exact) mass is 291 g/mol. The number of para-hydroxylation sites is 1. The summed E-state index contributed by atoms with van der Waals surface area (Å²) in [6.45, 7) is 0.931. The third-order valence-corrected chi connectivity index (χ3v) is 4.19. The van der Waals surface area contributed by atoms with Crippen LogP contribution in [0.25, 0.3) is 0 Å². The molecule has 1 fully saturated rings. The molecule has 5 nitrogen and oxygen atoms in total. The van der Waals surface area contributed by atoms with E-state index in [1.807, 2.05) is 11.8 Å². The number of rotatable bonds is 4. The molecule has 20 heavy (non-hydrogen) atoms. The second kappa shape index (κ2) is 7.17. The molecule has 0 bridgehead atoms. The van der Waals surface area contributed by atoms with Crippen molar-refractivity contribution in [3.63, 3.8) is 0 Å². The van der Waals surface area contributed by atoms with Gasteiger partial charge in [-0.15, -0.1) is 0 Å². The first-order valence-electron chi connectivity index (χ1n) is 6.42. The van der Waals surface area contributed by atoms with E-state index >= 15 is 0 Å². The molecule has 106 valence electrons. The fourth-order valence-electron chi connectivity index (χ4n) is 2.09. The zero-order valence-electron chi connectivity index (χ0n) is 11.3. The fourth-order valence-corrected chi connectivity index (χ4v) is 3.04. The zero-order valence-corrected chi connectivity index (χ0v) is 12.1. The van der Waals surface area contributed by atoms with Gasteiger partial charge in [-0.1, -0.05) is 6.07 Å². The Balaban J connectivity index is 2.05. The van der Waals surface area contributed by atoms with Gasteiger partial charge in [-0.2, -0.15) is 17.0 Å². The largest absolute Gasteiger partial charge is 0.495 e. The topological polar surface area (TPSA) is 74.1 Å². The van der Waals surface area contributed by atoms with Crippen LogP contribution in [0, 0.1) is 11.3 Å². The molecule has 1 heterocycles. The Morgan fingerprint density at radius 2 is 2.50 bits per heavy atom. The average molecular weight is 291 g/mol. The van der Waals surface area contributed by atoms with Gasteiger partial charge < -0.3 is 15.4 Å². The molecule has 0 spiro atoms. The second-order valence-electron chi connectivity index (χ2n) is 4.47. The number of nitrogens with one attached hydrogen (secondary N) is 2.